The van der Waals surface area contributed by atoms with Crippen LogP contribution < -0.4 is 4.18 Å². The Hall–Kier alpha value is -1.90. The van der Waals surface area contributed by atoms with E-state index < -0.39 is 21.5 Å². The fourth-order valence-corrected chi connectivity index (χ4v) is 1.57. The predicted octanol–water partition coefficient (Wildman–Crippen LogP) is 1.86. The summed E-state index contributed by atoms with van der Waals surface area (Å²) in [5.41, 5.74) is -5.09. The van der Waals surface area contributed by atoms with E-state index in [-0.39, 0.29) is 0 Å². The van der Waals surface area contributed by atoms with Gasteiger partial charge in [-0.1, -0.05) is 18.2 Å². The summed E-state index contributed by atoms with van der Waals surface area (Å²) < 4.78 is 61.5. The van der Waals surface area contributed by atoms with Crippen molar-refractivity contribution >= 4 is 21.0 Å². The van der Waals surface area contributed by atoms with E-state index in [9.17, 15) is 21.6 Å². The highest BCUT2D eigenvalue weighted by Gasteiger charge is 2.48. The number of nitrogens with zero attached hydrogens (tertiary/aromatic N) is 2. The van der Waals surface area contributed by atoms with Crippen molar-refractivity contribution in [2.75, 3.05) is 0 Å². The van der Waals surface area contributed by atoms with E-state index in [1.807, 2.05) is 0 Å². The number of halogens is 3. The van der Waals surface area contributed by atoms with Crippen molar-refractivity contribution in [1.82, 2.24) is 10.2 Å². The van der Waals surface area contributed by atoms with Crippen LogP contribution in [0.15, 0.2) is 30.3 Å². The van der Waals surface area contributed by atoms with Gasteiger partial charge in [-0.15, -0.1) is 10.2 Å². The molecule has 5 nitrogen and oxygen atoms in total. The molecule has 96 valence electrons. The quantitative estimate of drug-likeness (QED) is 0.619. The number of fused-ring (bicyclic) bond motifs is 1. The van der Waals surface area contributed by atoms with Crippen molar-refractivity contribution in [3.05, 3.63) is 30.3 Å². The van der Waals surface area contributed by atoms with Crippen LogP contribution in [0.3, 0.4) is 0 Å². The molecule has 2 rings (SSSR count). The van der Waals surface area contributed by atoms with E-state index in [4.69, 9.17) is 0 Å². The van der Waals surface area contributed by atoms with Gasteiger partial charge in [-0.2, -0.15) is 21.6 Å². The average Bonchev–Trinajstić information content (AvgIpc) is 2.27. The highest BCUT2D eigenvalue weighted by Crippen LogP contribution is 2.26. The summed E-state index contributed by atoms with van der Waals surface area (Å²) in [6.07, 6.45) is 0. The van der Waals surface area contributed by atoms with Gasteiger partial charge in [0.05, 0.1) is 5.52 Å². The molecular formula is C9H5F3N2O3S. The van der Waals surface area contributed by atoms with E-state index in [1.54, 1.807) is 18.2 Å². The predicted molar refractivity (Wildman–Crippen MR) is 55.1 cm³/mol. The van der Waals surface area contributed by atoms with Crippen LogP contribution in [0.4, 0.5) is 13.2 Å². The summed E-state index contributed by atoms with van der Waals surface area (Å²) in [6, 6.07) is 7.45. The topological polar surface area (TPSA) is 69.2 Å². The van der Waals surface area contributed by atoms with E-state index in [1.165, 1.54) is 6.07 Å². The van der Waals surface area contributed by atoms with Crippen LogP contribution in [0.5, 0.6) is 5.88 Å². The van der Waals surface area contributed by atoms with Gasteiger partial charge in [0.2, 0.25) is 0 Å². The number of rotatable bonds is 2. The molecule has 0 bridgehead atoms. The fraction of sp³-hybridized carbons (Fsp3) is 0.111. The first-order valence-corrected chi connectivity index (χ1v) is 5.94. The second-order valence-corrected chi connectivity index (χ2v) is 4.76. The number of hydrogen-bond donors (Lipinski definition) is 0. The van der Waals surface area contributed by atoms with Crippen molar-refractivity contribution in [3.63, 3.8) is 0 Å². The van der Waals surface area contributed by atoms with Crippen LogP contribution in [-0.4, -0.2) is 24.1 Å². The van der Waals surface area contributed by atoms with Crippen molar-refractivity contribution in [1.29, 1.82) is 0 Å². The molecule has 18 heavy (non-hydrogen) atoms. The lowest BCUT2D eigenvalue weighted by molar-refractivity contribution is -0.0501. The molecule has 1 aromatic heterocycles. The normalized spacial score (nSPS) is 12.6. The minimum Gasteiger partial charge on any atom is -0.354 e. The Morgan fingerprint density at radius 1 is 1.11 bits per heavy atom. The van der Waals surface area contributed by atoms with Gasteiger partial charge in [-0.3, -0.25) is 0 Å². The third-order valence-corrected chi connectivity index (χ3v) is 2.91. The number of benzene rings is 1. The highest BCUT2D eigenvalue weighted by atomic mass is 32.2. The Morgan fingerprint density at radius 3 is 2.44 bits per heavy atom. The monoisotopic (exact) mass is 278 g/mol. The van der Waals surface area contributed by atoms with Gasteiger partial charge in [0.25, 0.3) is 5.88 Å². The van der Waals surface area contributed by atoms with E-state index >= 15 is 0 Å². The lowest BCUT2D eigenvalue weighted by Gasteiger charge is -2.08. The molecule has 1 heterocycles. The second-order valence-electron chi connectivity index (χ2n) is 3.22. The van der Waals surface area contributed by atoms with Crippen LogP contribution in [0.1, 0.15) is 0 Å². The third-order valence-electron chi connectivity index (χ3n) is 1.95. The van der Waals surface area contributed by atoms with E-state index in [0.29, 0.717) is 10.9 Å². The molecule has 0 fully saturated rings. The summed E-state index contributed by atoms with van der Waals surface area (Å²) in [5.74, 6) is -0.731. The van der Waals surface area contributed by atoms with Crippen LogP contribution in [0.25, 0.3) is 10.9 Å². The van der Waals surface area contributed by atoms with Gasteiger partial charge in [-0.25, -0.2) is 0 Å². The minimum absolute atomic E-state index is 0.411. The first-order valence-electron chi connectivity index (χ1n) is 4.53. The standard InChI is InChI=1S/C9H5F3N2O3S/c10-9(11,12)18(15,16)17-8-5-6-3-1-2-4-7(6)13-14-8/h1-5H. The number of aromatic nitrogens is 2. The molecule has 0 N–H and O–H groups in total. The zero-order valence-electron chi connectivity index (χ0n) is 8.55. The van der Waals surface area contributed by atoms with Gasteiger partial charge < -0.3 is 4.18 Å². The first kappa shape index (κ1) is 12.6. The van der Waals surface area contributed by atoms with Gasteiger partial charge in [0, 0.05) is 11.5 Å². The molecule has 0 saturated carbocycles. The molecule has 0 aliphatic rings. The number of hydrogen-bond acceptors (Lipinski definition) is 5. The van der Waals surface area contributed by atoms with Crippen molar-refractivity contribution in [3.8, 4) is 5.88 Å². The van der Waals surface area contributed by atoms with Crippen LogP contribution in [-0.2, 0) is 10.1 Å². The average molecular weight is 278 g/mol. The summed E-state index contributed by atoms with van der Waals surface area (Å²) in [7, 11) is -5.72. The summed E-state index contributed by atoms with van der Waals surface area (Å²) in [4.78, 5) is 0. The lowest BCUT2D eigenvalue weighted by Crippen LogP contribution is -2.28. The maximum Gasteiger partial charge on any atom is 0.534 e. The molecule has 0 aliphatic carbocycles. The van der Waals surface area contributed by atoms with Gasteiger partial charge in [0.15, 0.2) is 0 Å². The number of alkyl halides is 3. The Labute approximate surface area is 99.3 Å². The van der Waals surface area contributed by atoms with Crippen molar-refractivity contribution in [2.24, 2.45) is 0 Å². The van der Waals surface area contributed by atoms with E-state index in [0.717, 1.165) is 6.07 Å². The molecule has 0 amide bonds. The van der Waals surface area contributed by atoms with Gasteiger partial charge >= 0.3 is 15.6 Å². The Balaban J connectivity index is 2.39. The SMILES string of the molecule is O=S(=O)(Oc1cc2ccccc2nn1)C(F)(F)F. The zero-order valence-corrected chi connectivity index (χ0v) is 9.36. The molecule has 0 spiro atoms. The van der Waals surface area contributed by atoms with E-state index in [2.05, 4.69) is 14.4 Å². The third kappa shape index (κ3) is 2.35. The molecular weight excluding hydrogens is 273 g/mol. The Morgan fingerprint density at radius 2 is 1.78 bits per heavy atom. The summed E-state index contributed by atoms with van der Waals surface area (Å²) >= 11 is 0. The Kier molecular flexibility index (Phi) is 2.85. The minimum atomic E-state index is -5.72. The molecule has 9 heteroatoms. The van der Waals surface area contributed by atoms with Crippen LogP contribution in [0.2, 0.25) is 0 Å². The van der Waals surface area contributed by atoms with Crippen LogP contribution in [0, 0.1) is 0 Å². The smallest absolute Gasteiger partial charge is 0.354 e. The maximum absolute atomic E-state index is 12.1. The molecule has 2 aromatic rings. The zero-order chi connectivity index (χ0) is 13.4. The maximum atomic E-state index is 12.1. The van der Waals surface area contributed by atoms with Crippen LogP contribution >= 0.6 is 0 Å². The van der Waals surface area contributed by atoms with Gasteiger partial charge in [0.1, 0.15) is 0 Å². The van der Waals surface area contributed by atoms with Crippen molar-refractivity contribution < 1.29 is 25.8 Å². The molecule has 0 atom stereocenters. The first-order chi connectivity index (χ1) is 8.29. The molecule has 0 aliphatic heterocycles. The molecule has 1 aromatic carbocycles. The van der Waals surface area contributed by atoms with Gasteiger partial charge in [-0.05, 0) is 6.07 Å². The highest BCUT2D eigenvalue weighted by molar-refractivity contribution is 7.87. The summed E-state index contributed by atoms with van der Waals surface area (Å²) in [6.45, 7) is 0. The summed E-state index contributed by atoms with van der Waals surface area (Å²) in [5, 5.41) is 7.21. The molecule has 0 saturated heterocycles. The second kappa shape index (κ2) is 4.09. The molecule has 0 unspecified atom stereocenters. The lowest BCUT2D eigenvalue weighted by atomic mass is 10.2. The Bertz CT molecular complexity index is 685. The largest absolute Gasteiger partial charge is 0.534 e. The van der Waals surface area contributed by atoms with Crippen molar-refractivity contribution in [2.45, 2.75) is 5.51 Å². The molecule has 0 radical (unpaired) electrons. The fourth-order valence-electron chi connectivity index (χ4n) is 1.17.